The summed E-state index contributed by atoms with van der Waals surface area (Å²) in [6.07, 6.45) is -3.05. The number of H-pyrrole nitrogens is 1. The molecule has 18 heavy (non-hydrogen) atoms. The maximum atomic E-state index is 12.7. The van der Waals surface area contributed by atoms with Crippen molar-refractivity contribution >= 4 is 15.9 Å². The molecule has 0 saturated carbocycles. The maximum Gasteiger partial charge on any atom is 0.417 e. The predicted molar refractivity (Wildman–Crippen MR) is 62.6 cm³/mol. The molecule has 0 aliphatic heterocycles. The molecular formula is C11H8BrF3N2O. The molecule has 0 unspecified atom stereocenters. The normalized spacial score (nSPS) is 11.8. The number of imidazole rings is 1. The van der Waals surface area contributed by atoms with Crippen LogP contribution in [0.2, 0.25) is 0 Å². The largest absolute Gasteiger partial charge is 0.417 e. The predicted octanol–water partition coefficient (Wildman–Crippen LogP) is 3.35. The number of halogens is 4. The average molecular weight is 321 g/mol. The van der Waals surface area contributed by atoms with Crippen LogP contribution in [-0.2, 0) is 12.8 Å². The van der Waals surface area contributed by atoms with Gasteiger partial charge in [-0.1, -0.05) is 12.1 Å². The molecule has 3 nitrogen and oxygen atoms in total. The first-order valence-corrected chi connectivity index (χ1v) is 5.73. The van der Waals surface area contributed by atoms with Crippen molar-refractivity contribution < 1.29 is 18.3 Å². The first-order valence-electron chi connectivity index (χ1n) is 4.94. The molecule has 2 N–H and O–H groups in total. The molecule has 0 fully saturated rings. The van der Waals surface area contributed by atoms with Gasteiger partial charge in [0.2, 0.25) is 0 Å². The van der Waals surface area contributed by atoms with Crippen molar-refractivity contribution in [3.05, 3.63) is 40.1 Å². The number of aliphatic hydroxyl groups is 1. The van der Waals surface area contributed by atoms with Crippen LogP contribution in [0.4, 0.5) is 13.2 Å². The molecule has 0 atom stereocenters. The van der Waals surface area contributed by atoms with E-state index in [4.69, 9.17) is 5.11 Å². The highest BCUT2D eigenvalue weighted by molar-refractivity contribution is 9.10. The standard InChI is InChI=1S/C11H8BrF3N2O/c12-9-7(10-16-4-6(5-18)17-10)2-1-3-8(9)11(13,14)15/h1-4,18H,5H2,(H,16,17). The fourth-order valence-electron chi connectivity index (χ4n) is 1.51. The molecule has 96 valence electrons. The van der Waals surface area contributed by atoms with Gasteiger partial charge in [0, 0.05) is 10.0 Å². The van der Waals surface area contributed by atoms with Crippen molar-refractivity contribution in [2.75, 3.05) is 0 Å². The molecule has 1 aromatic carbocycles. The number of aromatic nitrogens is 2. The highest BCUT2D eigenvalue weighted by atomic mass is 79.9. The minimum absolute atomic E-state index is 0.0728. The SMILES string of the molecule is OCc1cnc(-c2cccc(C(F)(F)F)c2Br)[nH]1. The molecule has 0 radical (unpaired) electrons. The first kappa shape index (κ1) is 13.1. The highest BCUT2D eigenvalue weighted by Crippen LogP contribution is 2.39. The van der Waals surface area contributed by atoms with Crippen molar-refractivity contribution in [2.45, 2.75) is 12.8 Å². The second-order valence-electron chi connectivity index (χ2n) is 3.58. The van der Waals surface area contributed by atoms with Gasteiger partial charge in [0.05, 0.1) is 24.1 Å². The van der Waals surface area contributed by atoms with E-state index >= 15 is 0 Å². The number of nitrogens with zero attached hydrogens (tertiary/aromatic N) is 1. The van der Waals surface area contributed by atoms with E-state index in [0.717, 1.165) is 6.07 Å². The average Bonchev–Trinajstić information content (AvgIpc) is 2.76. The molecule has 0 aliphatic rings. The van der Waals surface area contributed by atoms with Crippen molar-refractivity contribution in [1.82, 2.24) is 9.97 Å². The third-order valence-corrected chi connectivity index (χ3v) is 3.21. The summed E-state index contributed by atoms with van der Waals surface area (Å²) in [7, 11) is 0. The van der Waals surface area contributed by atoms with Crippen molar-refractivity contribution in [3.8, 4) is 11.4 Å². The monoisotopic (exact) mass is 320 g/mol. The number of alkyl halides is 3. The van der Waals surface area contributed by atoms with Gasteiger partial charge in [0.1, 0.15) is 5.82 Å². The van der Waals surface area contributed by atoms with Gasteiger partial charge in [-0.05, 0) is 22.0 Å². The molecule has 0 amide bonds. The van der Waals surface area contributed by atoms with Crippen LogP contribution in [0.1, 0.15) is 11.3 Å². The van der Waals surface area contributed by atoms with Crippen LogP contribution in [0.15, 0.2) is 28.9 Å². The summed E-state index contributed by atoms with van der Waals surface area (Å²) in [6.45, 7) is -0.246. The first-order chi connectivity index (χ1) is 8.43. The Hall–Kier alpha value is -1.34. The number of hydrogen-bond acceptors (Lipinski definition) is 2. The Kier molecular flexibility index (Phi) is 3.45. The molecule has 0 bridgehead atoms. The van der Waals surface area contributed by atoms with E-state index in [0.29, 0.717) is 11.3 Å². The summed E-state index contributed by atoms with van der Waals surface area (Å²) < 4.78 is 38.1. The van der Waals surface area contributed by atoms with Gasteiger partial charge >= 0.3 is 6.18 Å². The zero-order valence-corrected chi connectivity index (χ0v) is 10.5. The fraction of sp³-hybridized carbons (Fsp3) is 0.182. The maximum absolute atomic E-state index is 12.7. The van der Waals surface area contributed by atoms with Crippen molar-refractivity contribution in [1.29, 1.82) is 0 Å². The van der Waals surface area contributed by atoms with Crippen LogP contribution in [0.25, 0.3) is 11.4 Å². The highest BCUT2D eigenvalue weighted by Gasteiger charge is 2.33. The minimum atomic E-state index is -4.43. The van der Waals surface area contributed by atoms with E-state index in [1.165, 1.54) is 18.3 Å². The van der Waals surface area contributed by atoms with E-state index in [1.807, 2.05) is 0 Å². The zero-order chi connectivity index (χ0) is 13.3. The van der Waals surface area contributed by atoms with Crippen LogP contribution in [0.3, 0.4) is 0 Å². The molecule has 2 rings (SSSR count). The van der Waals surface area contributed by atoms with Gasteiger partial charge in [0.15, 0.2) is 0 Å². The second-order valence-corrected chi connectivity index (χ2v) is 4.37. The Morgan fingerprint density at radius 3 is 2.61 bits per heavy atom. The number of rotatable bonds is 2. The Labute approximate surface area is 109 Å². The van der Waals surface area contributed by atoms with Gasteiger partial charge in [0.25, 0.3) is 0 Å². The summed E-state index contributed by atoms with van der Waals surface area (Å²) in [5.41, 5.74) is -0.0271. The Balaban J connectivity index is 2.52. The number of nitrogens with one attached hydrogen (secondary N) is 1. The number of hydrogen-bond donors (Lipinski definition) is 2. The minimum Gasteiger partial charge on any atom is -0.390 e. The van der Waals surface area contributed by atoms with Crippen molar-refractivity contribution in [2.24, 2.45) is 0 Å². The Bertz CT molecular complexity index is 566. The third-order valence-electron chi connectivity index (χ3n) is 2.36. The molecule has 1 aromatic heterocycles. The lowest BCUT2D eigenvalue weighted by Crippen LogP contribution is -2.06. The van der Waals surface area contributed by atoms with Crippen LogP contribution < -0.4 is 0 Å². The van der Waals surface area contributed by atoms with E-state index in [9.17, 15) is 13.2 Å². The quantitative estimate of drug-likeness (QED) is 0.891. The lowest BCUT2D eigenvalue weighted by atomic mass is 10.1. The number of benzene rings is 1. The third kappa shape index (κ3) is 2.41. The van der Waals surface area contributed by atoms with E-state index < -0.39 is 11.7 Å². The van der Waals surface area contributed by atoms with Gasteiger partial charge in [-0.3, -0.25) is 0 Å². The second kappa shape index (κ2) is 4.74. The topological polar surface area (TPSA) is 48.9 Å². The molecule has 0 aliphatic carbocycles. The van der Waals surface area contributed by atoms with Crippen LogP contribution in [0.5, 0.6) is 0 Å². The van der Waals surface area contributed by atoms with E-state index in [2.05, 4.69) is 25.9 Å². The molecule has 7 heteroatoms. The molecule has 2 aromatic rings. The summed E-state index contributed by atoms with van der Waals surface area (Å²) in [6, 6.07) is 3.81. The zero-order valence-electron chi connectivity index (χ0n) is 8.92. The fourth-order valence-corrected chi connectivity index (χ4v) is 2.19. The molecule has 0 saturated heterocycles. The van der Waals surface area contributed by atoms with Crippen LogP contribution >= 0.6 is 15.9 Å². The van der Waals surface area contributed by atoms with Gasteiger partial charge in [-0.2, -0.15) is 13.2 Å². The molecular weight excluding hydrogens is 313 g/mol. The van der Waals surface area contributed by atoms with Crippen molar-refractivity contribution in [3.63, 3.8) is 0 Å². The lowest BCUT2D eigenvalue weighted by molar-refractivity contribution is -0.138. The Morgan fingerprint density at radius 1 is 1.33 bits per heavy atom. The molecule has 0 spiro atoms. The van der Waals surface area contributed by atoms with E-state index in [-0.39, 0.29) is 16.9 Å². The Morgan fingerprint density at radius 2 is 2.06 bits per heavy atom. The van der Waals surface area contributed by atoms with Crippen LogP contribution in [0, 0.1) is 0 Å². The number of aliphatic hydroxyl groups excluding tert-OH is 1. The van der Waals surface area contributed by atoms with Gasteiger partial charge < -0.3 is 10.1 Å². The summed E-state index contributed by atoms with van der Waals surface area (Å²) in [5, 5.41) is 8.89. The number of aromatic amines is 1. The van der Waals surface area contributed by atoms with Crippen LogP contribution in [-0.4, -0.2) is 15.1 Å². The smallest absolute Gasteiger partial charge is 0.390 e. The summed E-state index contributed by atoms with van der Waals surface area (Å²) in [5.74, 6) is 0.275. The van der Waals surface area contributed by atoms with Gasteiger partial charge in [-0.25, -0.2) is 4.98 Å². The lowest BCUT2D eigenvalue weighted by Gasteiger charge is -2.11. The summed E-state index contributed by atoms with van der Waals surface area (Å²) >= 11 is 2.94. The summed E-state index contributed by atoms with van der Waals surface area (Å²) in [4.78, 5) is 6.67. The van der Waals surface area contributed by atoms with E-state index in [1.54, 1.807) is 0 Å². The molecule has 1 heterocycles. The van der Waals surface area contributed by atoms with Gasteiger partial charge in [-0.15, -0.1) is 0 Å².